The fraction of sp³-hybridized carbons (Fsp3) is 0.280. The standard InChI is InChI=1S/C25H30N2O3/c1-19(17-24(29)21-9-5-3-6-10-21)26-15-13-23(28)14-16-27-20(2)18-25(30)22-11-7-4-8-12-22/h3-12,17-18,23,26-28H,13-16H2,1-2H3/b19-17+,20-18+. The van der Waals surface area contributed by atoms with E-state index in [-0.39, 0.29) is 11.6 Å². The van der Waals surface area contributed by atoms with Gasteiger partial charge in [-0.15, -0.1) is 0 Å². The van der Waals surface area contributed by atoms with E-state index >= 15 is 0 Å². The Labute approximate surface area is 178 Å². The number of aliphatic hydroxyl groups excluding tert-OH is 1. The SMILES string of the molecule is C/C(=C\C(=O)c1ccccc1)NCCC(O)CCN/C(C)=C/C(=O)c1ccccc1. The number of benzene rings is 2. The van der Waals surface area contributed by atoms with Gasteiger partial charge in [0.1, 0.15) is 0 Å². The van der Waals surface area contributed by atoms with Gasteiger partial charge in [-0.2, -0.15) is 0 Å². The molecule has 0 amide bonds. The minimum absolute atomic E-state index is 0.0438. The number of carbonyl (C=O) groups excluding carboxylic acids is 2. The van der Waals surface area contributed by atoms with Crippen molar-refractivity contribution in [1.82, 2.24) is 10.6 Å². The minimum Gasteiger partial charge on any atom is -0.393 e. The predicted octanol–water partition coefficient (Wildman–Crippen LogP) is 3.88. The number of carbonyl (C=O) groups is 2. The quantitative estimate of drug-likeness (QED) is 0.368. The van der Waals surface area contributed by atoms with Gasteiger partial charge in [0, 0.05) is 47.8 Å². The van der Waals surface area contributed by atoms with Crippen molar-refractivity contribution in [3.8, 4) is 0 Å². The number of ketones is 2. The average molecular weight is 407 g/mol. The lowest BCUT2D eigenvalue weighted by Gasteiger charge is -2.13. The van der Waals surface area contributed by atoms with E-state index in [1.54, 1.807) is 36.4 Å². The highest BCUT2D eigenvalue weighted by molar-refractivity contribution is 6.05. The molecule has 0 saturated carbocycles. The van der Waals surface area contributed by atoms with E-state index in [4.69, 9.17) is 0 Å². The Balaban J connectivity index is 1.65. The van der Waals surface area contributed by atoms with Crippen molar-refractivity contribution in [2.24, 2.45) is 0 Å². The van der Waals surface area contributed by atoms with Crippen LogP contribution in [0.1, 0.15) is 47.4 Å². The molecule has 5 nitrogen and oxygen atoms in total. The van der Waals surface area contributed by atoms with Gasteiger partial charge in [-0.05, 0) is 26.7 Å². The maximum absolute atomic E-state index is 12.1. The Morgan fingerprint density at radius 2 is 1.13 bits per heavy atom. The average Bonchev–Trinajstić information content (AvgIpc) is 2.75. The normalized spacial score (nSPS) is 12.9. The highest BCUT2D eigenvalue weighted by atomic mass is 16.3. The van der Waals surface area contributed by atoms with Crippen molar-refractivity contribution in [2.75, 3.05) is 13.1 Å². The maximum atomic E-state index is 12.1. The maximum Gasteiger partial charge on any atom is 0.187 e. The summed E-state index contributed by atoms with van der Waals surface area (Å²) in [4.78, 5) is 24.2. The van der Waals surface area contributed by atoms with E-state index in [9.17, 15) is 14.7 Å². The summed E-state index contributed by atoms with van der Waals surface area (Å²) in [6, 6.07) is 18.2. The largest absolute Gasteiger partial charge is 0.393 e. The number of nitrogens with one attached hydrogen (secondary N) is 2. The smallest absolute Gasteiger partial charge is 0.187 e. The molecule has 0 bridgehead atoms. The van der Waals surface area contributed by atoms with E-state index in [0.29, 0.717) is 37.1 Å². The van der Waals surface area contributed by atoms with Crippen LogP contribution in [0.4, 0.5) is 0 Å². The van der Waals surface area contributed by atoms with Crippen LogP contribution < -0.4 is 10.6 Å². The second-order valence-corrected chi connectivity index (χ2v) is 7.20. The van der Waals surface area contributed by atoms with Gasteiger partial charge in [-0.25, -0.2) is 0 Å². The number of hydrogen-bond acceptors (Lipinski definition) is 5. The van der Waals surface area contributed by atoms with E-state index in [1.165, 1.54) is 0 Å². The third kappa shape index (κ3) is 8.45. The summed E-state index contributed by atoms with van der Waals surface area (Å²) in [5.41, 5.74) is 2.85. The number of hydrogen-bond donors (Lipinski definition) is 3. The zero-order valence-electron chi connectivity index (χ0n) is 17.6. The Morgan fingerprint density at radius 3 is 1.50 bits per heavy atom. The number of rotatable bonds is 12. The molecule has 0 spiro atoms. The first-order chi connectivity index (χ1) is 14.5. The molecule has 0 aromatic heterocycles. The molecule has 0 heterocycles. The summed E-state index contributed by atoms with van der Waals surface area (Å²) in [7, 11) is 0. The van der Waals surface area contributed by atoms with E-state index in [2.05, 4.69) is 10.6 Å². The molecule has 0 aliphatic carbocycles. The van der Waals surface area contributed by atoms with Crippen molar-refractivity contribution in [1.29, 1.82) is 0 Å². The van der Waals surface area contributed by atoms with Crippen LogP contribution in [0, 0.1) is 0 Å². The Morgan fingerprint density at radius 1 is 0.767 bits per heavy atom. The second-order valence-electron chi connectivity index (χ2n) is 7.20. The van der Waals surface area contributed by atoms with Crippen molar-refractivity contribution < 1.29 is 14.7 Å². The zero-order chi connectivity index (χ0) is 21.8. The van der Waals surface area contributed by atoms with Gasteiger partial charge in [0.15, 0.2) is 11.6 Å². The summed E-state index contributed by atoms with van der Waals surface area (Å²) < 4.78 is 0. The molecule has 0 aliphatic heterocycles. The van der Waals surface area contributed by atoms with E-state index in [1.807, 2.05) is 50.2 Å². The monoisotopic (exact) mass is 406 g/mol. The molecule has 0 atom stereocenters. The second kappa shape index (κ2) is 12.4. The summed E-state index contributed by atoms with van der Waals surface area (Å²) in [5, 5.41) is 16.5. The number of aliphatic hydroxyl groups is 1. The van der Waals surface area contributed by atoms with Crippen LogP contribution in [-0.2, 0) is 0 Å². The highest BCUT2D eigenvalue weighted by Crippen LogP contribution is 2.04. The minimum atomic E-state index is -0.472. The molecular formula is C25H30N2O3. The van der Waals surface area contributed by atoms with Gasteiger partial charge < -0.3 is 15.7 Å². The van der Waals surface area contributed by atoms with Crippen LogP contribution in [0.15, 0.2) is 84.2 Å². The number of allylic oxidation sites excluding steroid dienone is 4. The molecule has 0 radical (unpaired) electrons. The first-order valence-electron chi connectivity index (χ1n) is 10.2. The fourth-order valence-electron chi connectivity index (χ4n) is 2.88. The summed E-state index contributed by atoms with van der Waals surface area (Å²) in [5.74, 6) is -0.0877. The molecule has 3 N–H and O–H groups in total. The summed E-state index contributed by atoms with van der Waals surface area (Å²) >= 11 is 0. The van der Waals surface area contributed by atoms with Gasteiger partial charge in [0.2, 0.25) is 0 Å². The van der Waals surface area contributed by atoms with Crippen molar-refractivity contribution in [3.63, 3.8) is 0 Å². The third-order valence-electron chi connectivity index (χ3n) is 4.57. The lowest BCUT2D eigenvalue weighted by molar-refractivity contribution is 0.103. The fourth-order valence-corrected chi connectivity index (χ4v) is 2.88. The Bertz CT molecular complexity index is 800. The van der Waals surface area contributed by atoms with Crippen LogP contribution in [0.2, 0.25) is 0 Å². The van der Waals surface area contributed by atoms with Crippen LogP contribution >= 0.6 is 0 Å². The first-order valence-corrected chi connectivity index (χ1v) is 10.2. The van der Waals surface area contributed by atoms with Gasteiger partial charge in [0.25, 0.3) is 0 Å². The topological polar surface area (TPSA) is 78.4 Å². The first kappa shape index (κ1) is 23.1. The van der Waals surface area contributed by atoms with Crippen LogP contribution in [0.3, 0.4) is 0 Å². The zero-order valence-corrected chi connectivity index (χ0v) is 17.6. The van der Waals surface area contributed by atoms with E-state index < -0.39 is 6.10 Å². The molecule has 2 aromatic rings. The van der Waals surface area contributed by atoms with Gasteiger partial charge >= 0.3 is 0 Å². The lowest BCUT2D eigenvalue weighted by Crippen LogP contribution is -2.23. The molecule has 158 valence electrons. The molecule has 0 saturated heterocycles. The Kier molecular flexibility index (Phi) is 9.55. The predicted molar refractivity (Wildman–Crippen MR) is 120 cm³/mol. The molecule has 30 heavy (non-hydrogen) atoms. The molecule has 2 aromatic carbocycles. The van der Waals surface area contributed by atoms with E-state index in [0.717, 1.165) is 11.4 Å². The van der Waals surface area contributed by atoms with Gasteiger partial charge in [-0.1, -0.05) is 60.7 Å². The van der Waals surface area contributed by atoms with Crippen molar-refractivity contribution >= 4 is 11.6 Å². The molecule has 2 rings (SSSR count). The Hall–Kier alpha value is -3.18. The van der Waals surface area contributed by atoms with Crippen LogP contribution in [0.25, 0.3) is 0 Å². The summed E-state index contributed by atoms with van der Waals surface area (Å²) in [6.07, 6.45) is 3.80. The van der Waals surface area contributed by atoms with Crippen LogP contribution in [0.5, 0.6) is 0 Å². The van der Waals surface area contributed by atoms with Gasteiger partial charge in [0.05, 0.1) is 6.10 Å². The third-order valence-corrected chi connectivity index (χ3v) is 4.57. The van der Waals surface area contributed by atoms with Crippen molar-refractivity contribution in [2.45, 2.75) is 32.8 Å². The van der Waals surface area contributed by atoms with Crippen molar-refractivity contribution in [3.05, 3.63) is 95.3 Å². The molecule has 0 unspecified atom stereocenters. The van der Waals surface area contributed by atoms with Gasteiger partial charge in [-0.3, -0.25) is 9.59 Å². The molecule has 0 aliphatic rings. The molecule has 0 fully saturated rings. The molecular weight excluding hydrogens is 376 g/mol. The molecule has 5 heteroatoms. The summed E-state index contributed by atoms with van der Waals surface area (Å²) in [6.45, 7) is 4.83. The highest BCUT2D eigenvalue weighted by Gasteiger charge is 2.06. The van der Waals surface area contributed by atoms with Crippen LogP contribution in [-0.4, -0.2) is 35.9 Å². The lowest BCUT2D eigenvalue weighted by atomic mass is 10.1.